The van der Waals surface area contributed by atoms with Crippen LogP contribution in [0.4, 0.5) is 0 Å². The highest BCUT2D eigenvalue weighted by Crippen LogP contribution is 2.29. The number of halogens is 1. The molecule has 1 N–H and O–H groups in total. The molecule has 0 radical (unpaired) electrons. The zero-order valence-corrected chi connectivity index (χ0v) is 15.0. The summed E-state index contributed by atoms with van der Waals surface area (Å²) in [7, 11) is 0. The van der Waals surface area contributed by atoms with Crippen LogP contribution in [0.2, 0.25) is 0 Å². The van der Waals surface area contributed by atoms with E-state index in [0.29, 0.717) is 5.92 Å². The van der Waals surface area contributed by atoms with Gasteiger partial charge >= 0.3 is 0 Å². The van der Waals surface area contributed by atoms with E-state index in [2.05, 4.69) is 63.3 Å². The summed E-state index contributed by atoms with van der Waals surface area (Å²) in [6, 6.07) is 8.30. The highest BCUT2D eigenvalue weighted by molar-refractivity contribution is 9.10. The zero-order chi connectivity index (χ0) is 15.2. The minimum Gasteiger partial charge on any atom is -0.312 e. The number of benzene rings is 1. The SMILES string of the molecule is Cc1ccnc(Sc2ccc(CNCC(C)C)c(Br)c2)n1. The summed E-state index contributed by atoms with van der Waals surface area (Å²) in [5.74, 6) is 0.664. The minimum absolute atomic E-state index is 0.664. The first-order chi connectivity index (χ1) is 10.0. The number of aromatic nitrogens is 2. The molecule has 0 saturated carbocycles. The second-order valence-electron chi connectivity index (χ2n) is 5.36. The van der Waals surface area contributed by atoms with Gasteiger partial charge in [0.05, 0.1) is 0 Å². The van der Waals surface area contributed by atoms with Gasteiger partial charge < -0.3 is 5.32 Å². The van der Waals surface area contributed by atoms with Crippen LogP contribution in [0.5, 0.6) is 0 Å². The van der Waals surface area contributed by atoms with E-state index < -0.39 is 0 Å². The van der Waals surface area contributed by atoms with Crippen molar-refractivity contribution >= 4 is 27.7 Å². The Kier molecular flexibility index (Phi) is 6.21. The van der Waals surface area contributed by atoms with Crippen LogP contribution in [0.25, 0.3) is 0 Å². The molecule has 1 aromatic heterocycles. The van der Waals surface area contributed by atoms with E-state index in [1.54, 1.807) is 18.0 Å². The van der Waals surface area contributed by atoms with Crippen molar-refractivity contribution in [2.45, 2.75) is 37.4 Å². The van der Waals surface area contributed by atoms with Gasteiger partial charge in [0.25, 0.3) is 0 Å². The van der Waals surface area contributed by atoms with Gasteiger partial charge in [-0.1, -0.05) is 35.8 Å². The summed E-state index contributed by atoms with van der Waals surface area (Å²) < 4.78 is 1.12. The number of rotatable bonds is 6. The third-order valence-corrected chi connectivity index (χ3v) is 4.48. The van der Waals surface area contributed by atoms with Crippen LogP contribution in [0.3, 0.4) is 0 Å². The molecule has 1 aromatic carbocycles. The predicted molar refractivity (Wildman–Crippen MR) is 91.6 cm³/mol. The van der Waals surface area contributed by atoms with Crippen LogP contribution >= 0.6 is 27.7 Å². The van der Waals surface area contributed by atoms with Crippen molar-refractivity contribution in [3.8, 4) is 0 Å². The molecule has 2 rings (SSSR count). The van der Waals surface area contributed by atoms with Gasteiger partial charge in [-0.3, -0.25) is 0 Å². The van der Waals surface area contributed by atoms with Gasteiger partial charge in [-0.05, 0) is 54.9 Å². The minimum atomic E-state index is 0.664. The summed E-state index contributed by atoms with van der Waals surface area (Å²) in [6.07, 6.45) is 1.80. The molecule has 2 aromatic rings. The molecular weight excluding hydrogens is 346 g/mol. The molecule has 5 heteroatoms. The molecule has 0 aliphatic heterocycles. The Bertz CT molecular complexity index is 602. The average Bonchev–Trinajstić information content (AvgIpc) is 2.41. The average molecular weight is 366 g/mol. The third-order valence-electron chi connectivity index (χ3n) is 2.87. The first-order valence-electron chi connectivity index (χ1n) is 7.01. The molecule has 0 fully saturated rings. The monoisotopic (exact) mass is 365 g/mol. The molecule has 0 aliphatic carbocycles. The van der Waals surface area contributed by atoms with E-state index in [1.807, 2.05) is 13.0 Å². The van der Waals surface area contributed by atoms with E-state index in [4.69, 9.17) is 0 Å². The second kappa shape index (κ2) is 7.92. The number of nitrogens with one attached hydrogen (secondary N) is 1. The first kappa shape index (κ1) is 16.5. The van der Waals surface area contributed by atoms with Crippen LogP contribution in [-0.2, 0) is 6.54 Å². The Morgan fingerprint density at radius 2 is 2.10 bits per heavy atom. The van der Waals surface area contributed by atoms with Crippen molar-refractivity contribution < 1.29 is 0 Å². The van der Waals surface area contributed by atoms with E-state index >= 15 is 0 Å². The molecule has 0 amide bonds. The number of hydrogen-bond acceptors (Lipinski definition) is 4. The van der Waals surface area contributed by atoms with Gasteiger partial charge in [0.2, 0.25) is 0 Å². The Labute approximate surface area is 139 Å². The van der Waals surface area contributed by atoms with Gasteiger partial charge in [-0.25, -0.2) is 9.97 Å². The van der Waals surface area contributed by atoms with E-state index in [9.17, 15) is 0 Å². The summed E-state index contributed by atoms with van der Waals surface area (Å²) in [6.45, 7) is 8.31. The van der Waals surface area contributed by atoms with E-state index in [1.165, 1.54) is 5.56 Å². The number of nitrogens with zero attached hydrogens (tertiary/aromatic N) is 2. The molecule has 0 aliphatic rings. The Morgan fingerprint density at radius 1 is 1.29 bits per heavy atom. The largest absolute Gasteiger partial charge is 0.312 e. The molecule has 1 heterocycles. The first-order valence-corrected chi connectivity index (χ1v) is 8.62. The van der Waals surface area contributed by atoms with Crippen molar-refractivity contribution in [2.24, 2.45) is 5.92 Å². The van der Waals surface area contributed by atoms with E-state index in [0.717, 1.165) is 33.3 Å². The molecule has 21 heavy (non-hydrogen) atoms. The fraction of sp³-hybridized carbons (Fsp3) is 0.375. The van der Waals surface area contributed by atoms with Crippen LogP contribution < -0.4 is 5.32 Å². The summed E-state index contributed by atoms with van der Waals surface area (Å²) in [5, 5.41) is 4.24. The Balaban J connectivity index is 2.01. The molecule has 0 bridgehead atoms. The van der Waals surface area contributed by atoms with E-state index in [-0.39, 0.29) is 0 Å². The lowest BCUT2D eigenvalue weighted by Gasteiger charge is -2.10. The standard InChI is InChI=1S/C16H20BrN3S/c1-11(2)9-18-10-13-4-5-14(8-15(13)17)21-16-19-7-6-12(3)20-16/h4-8,11,18H,9-10H2,1-3H3. The molecule has 112 valence electrons. The predicted octanol–water partition coefficient (Wildman–Crippen LogP) is 4.44. The van der Waals surface area contributed by atoms with Gasteiger partial charge in [0, 0.05) is 27.8 Å². The van der Waals surface area contributed by atoms with Crippen molar-refractivity contribution in [3.63, 3.8) is 0 Å². The smallest absolute Gasteiger partial charge is 0.192 e. The van der Waals surface area contributed by atoms with Crippen LogP contribution in [0.15, 0.2) is 45.0 Å². The maximum atomic E-state index is 4.41. The number of hydrogen-bond donors (Lipinski definition) is 1. The molecule has 0 spiro atoms. The van der Waals surface area contributed by atoms with Gasteiger partial charge in [0.1, 0.15) is 0 Å². The molecule has 0 atom stereocenters. The fourth-order valence-corrected chi connectivity index (χ4v) is 3.31. The number of aryl methyl sites for hydroxylation is 1. The highest BCUT2D eigenvalue weighted by atomic mass is 79.9. The van der Waals surface area contributed by atoms with Gasteiger partial charge in [-0.15, -0.1) is 0 Å². The normalized spacial score (nSPS) is 11.1. The fourth-order valence-electron chi connectivity index (χ4n) is 1.81. The maximum Gasteiger partial charge on any atom is 0.192 e. The molecular formula is C16H20BrN3S. The zero-order valence-electron chi connectivity index (χ0n) is 12.6. The van der Waals surface area contributed by atoms with Crippen LogP contribution in [0.1, 0.15) is 25.1 Å². The third kappa shape index (κ3) is 5.41. The highest BCUT2D eigenvalue weighted by Gasteiger charge is 2.05. The second-order valence-corrected chi connectivity index (χ2v) is 7.26. The van der Waals surface area contributed by atoms with Crippen molar-refractivity contribution in [3.05, 3.63) is 46.2 Å². The quantitative estimate of drug-likeness (QED) is 0.767. The van der Waals surface area contributed by atoms with Crippen molar-refractivity contribution in [2.75, 3.05) is 6.54 Å². The molecule has 3 nitrogen and oxygen atoms in total. The lowest BCUT2D eigenvalue weighted by molar-refractivity contribution is 0.551. The lowest BCUT2D eigenvalue weighted by atomic mass is 10.2. The molecule has 0 saturated heterocycles. The van der Waals surface area contributed by atoms with Crippen LogP contribution in [0, 0.1) is 12.8 Å². The van der Waals surface area contributed by atoms with Crippen LogP contribution in [-0.4, -0.2) is 16.5 Å². The Hall–Kier alpha value is -0.910. The topological polar surface area (TPSA) is 37.8 Å². The summed E-state index contributed by atoms with van der Waals surface area (Å²) in [5.41, 5.74) is 2.26. The summed E-state index contributed by atoms with van der Waals surface area (Å²) >= 11 is 5.23. The maximum absolute atomic E-state index is 4.41. The molecule has 0 unspecified atom stereocenters. The van der Waals surface area contributed by atoms with Crippen molar-refractivity contribution in [1.82, 2.24) is 15.3 Å². The lowest BCUT2D eigenvalue weighted by Crippen LogP contribution is -2.19. The van der Waals surface area contributed by atoms with Crippen molar-refractivity contribution in [1.29, 1.82) is 0 Å². The van der Waals surface area contributed by atoms with Gasteiger partial charge in [-0.2, -0.15) is 0 Å². The summed E-state index contributed by atoms with van der Waals surface area (Å²) in [4.78, 5) is 9.83. The van der Waals surface area contributed by atoms with Gasteiger partial charge in [0.15, 0.2) is 5.16 Å². The Morgan fingerprint density at radius 3 is 2.76 bits per heavy atom.